The summed E-state index contributed by atoms with van der Waals surface area (Å²) >= 11 is 1.75. The van der Waals surface area contributed by atoms with Crippen molar-refractivity contribution < 1.29 is 0 Å². The highest BCUT2D eigenvalue weighted by molar-refractivity contribution is 7.16. The van der Waals surface area contributed by atoms with E-state index in [-0.39, 0.29) is 0 Å². The van der Waals surface area contributed by atoms with Gasteiger partial charge in [0.1, 0.15) is 0 Å². The number of aromatic nitrogens is 1. The van der Waals surface area contributed by atoms with Crippen LogP contribution in [-0.4, -0.2) is 18.1 Å². The van der Waals surface area contributed by atoms with Crippen LogP contribution >= 0.6 is 11.3 Å². The van der Waals surface area contributed by atoms with Gasteiger partial charge >= 0.3 is 0 Å². The molecule has 1 fully saturated rings. The zero-order valence-corrected chi connectivity index (χ0v) is 12.7. The van der Waals surface area contributed by atoms with Crippen LogP contribution in [0.3, 0.4) is 0 Å². The highest BCUT2D eigenvalue weighted by Gasteiger charge is 2.24. The summed E-state index contributed by atoms with van der Waals surface area (Å²) in [5.74, 6) is 0.820. The second kappa shape index (κ2) is 5.94. The van der Waals surface area contributed by atoms with E-state index >= 15 is 0 Å². The summed E-state index contributed by atoms with van der Waals surface area (Å²) < 4.78 is 0. The number of nitrogens with two attached hydrogens (primary N) is 1. The molecule has 1 aliphatic rings. The van der Waals surface area contributed by atoms with Gasteiger partial charge in [-0.15, -0.1) is 0 Å². The van der Waals surface area contributed by atoms with Crippen molar-refractivity contribution in [3.63, 3.8) is 0 Å². The van der Waals surface area contributed by atoms with Crippen molar-refractivity contribution in [2.75, 3.05) is 18.0 Å². The normalized spacial score (nSPS) is 18.7. The van der Waals surface area contributed by atoms with Crippen LogP contribution in [0.15, 0.2) is 30.3 Å². The number of benzene rings is 1. The minimum atomic E-state index is 0.562. The van der Waals surface area contributed by atoms with Crippen LogP contribution in [0.2, 0.25) is 0 Å². The standard InChI is InChI=1S/C16H21N3S/c1-2-12-8-9-19(11-12)16-18-15(14(10-17)20-16)13-6-4-3-5-7-13/h3-7,12H,2,8-11,17H2,1H3. The summed E-state index contributed by atoms with van der Waals surface area (Å²) in [5, 5.41) is 1.14. The van der Waals surface area contributed by atoms with E-state index in [0.717, 1.165) is 29.8 Å². The monoisotopic (exact) mass is 287 g/mol. The largest absolute Gasteiger partial charge is 0.348 e. The molecule has 2 aromatic rings. The van der Waals surface area contributed by atoms with Crippen molar-refractivity contribution >= 4 is 16.5 Å². The Kier molecular flexibility index (Phi) is 4.03. The molecule has 0 radical (unpaired) electrons. The van der Waals surface area contributed by atoms with Gasteiger partial charge in [0.25, 0.3) is 0 Å². The number of hydrogen-bond acceptors (Lipinski definition) is 4. The predicted octanol–water partition coefficient (Wildman–Crippen LogP) is 3.51. The quantitative estimate of drug-likeness (QED) is 0.935. The molecule has 1 aromatic carbocycles. The van der Waals surface area contributed by atoms with Crippen molar-refractivity contribution in [1.29, 1.82) is 0 Å². The number of anilines is 1. The van der Waals surface area contributed by atoms with Crippen LogP contribution in [0.5, 0.6) is 0 Å². The maximum absolute atomic E-state index is 5.91. The lowest BCUT2D eigenvalue weighted by molar-refractivity contribution is 0.569. The fraction of sp³-hybridized carbons (Fsp3) is 0.438. The van der Waals surface area contributed by atoms with E-state index in [9.17, 15) is 0 Å². The van der Waals surface area contributed by atoms with Crippen molar-refractivity contribution in [1.82, 2.24) is 4.98 Å². The van der Waals surface area contributed by atoms with Gasteiger partial charge in [-0.05, 0) is 12.3 Å². The number of rotatable bonds is 4. The molecule has 2 heterocycles. The summed E-state index contributed by atoms with van der Waals surface area (Å²) in [6.45, 7) is 5.11. The van der Waals surface area contributed by atoms with E-state index in [1.807, 2.05) is 6.07 Å². The highest BCUT2D eigenvalue weighted by Crippen LogP contribution is 2.35. The molecule has 0 saturated carbocycles. The topological polar surface area (TPSA) is 42.2 Å². The van der Waals surface area contributed by atoms with Crippen LogP contribution in [0.25, 0.3) is 11.3 Å². The Bertz CT molecular complexity index is 564. The van der Waals surface area contributed by atoms with Gasteiger partial charge in [-0.2, -0.15) is 0 Å². The van der Waals surface area contributed by atoms with Gasteiger partial charge < -0.3 is 10.6 Å². The van der Waals surface area contributed by atoms with Gasteiger partial charge in [0.15, 0.2) is 5.13 Å². The molecule has 0 aliphatic carbocycles. The molecule has 0 bridgehead atoms. The molecule has 0 amide bonds. The first-order valence-electron chi connectivity index (χ1n) is 7.32. The average molecular weight is 287 g/mol. The average Bonchev–Trinajstić information content (AvgIpc) is 3.14. The number of hydrogen-bond donors (Lipinski definition) is 1. The third kappa shape index (κ3) is 2.58. The Labute approximate surface area is 124 Å². The number of thiazole rings is 1. The van der Waals surface area contributed by atoms with Gasteiger partial charge in [0.05, 0.1) is 5.69 Å². The summed E-state index contributed by atoms with van der Waals surface area (Å²) in [6.07, 6.45) is 2.55. The van der Waals surface area contributed by atoms with Crippen molar-refractivity contribution in [3.8, 4) is 11.3 Å². The molecule has 106 valence electrons. The lowest BCUT2D eigenvalue weighted by Gasteiger charge is -2.14. The molecule has 1 unspecified atom stereocenters. The maximum Gasteiger partial charge on any atom is 0.186 e. The predicted molar refractivity (Wildman–Crippen MR) is 86.1 cm³/mol. The molecule has 1 aliphatic heterocycles. The summed E-state index contributed by atoms with van der Waals surface area (Å²) in [7, 11) is 0. The van der Waals surface area contributed by atoms with E-state index in [0.29, 0.717) is 6.54 Å². The molecule has 4 heteroatoms. The molecule has 20 heavy (non-hydrogen) atoms. The lowest BCUT2D eigenvalue weighted by atomic mass is 10.1. The molecule has 2 N–H and O–H groups in total. The number of nitrogens with zero attached hydrogens (tertiary/aromatic N) is 2. The third-order valence-corrected chi connectivity index (χ3v) is 5.19. The highest BCUT2D eigenvalue weighted by atomic mass is 32.1. The summed E-state index contributed by atoms with van der Waals surface area (Å²) in [5.41, 5.74) is 8.14. The molecule has 1 aromatic heterocycles. The van der Waals surface area contributed by atoms with E-state index in [4.69, 9.17) is 10.7 Å². The Morgan fingerprint density at radius 2 is 2.15 bits per heavy atom. The van der Waals surface area contributed by atoms with E-state index in [1.165, 1.54) is 23.3 Å². The van der Waals surface area contributed by atoms with Crippen LogP contribution in [0, 0.1) is 5.92 Å². The Morgan fingerprint density at radius 3 is 2.80 bits per heavy atom. The van der Waals surface area contributed by atoms with Crippen molar-refractivity contribution in [3.05, 3.63) is 35.2 Å². The Morgan fingerprint density at radius 1 is 1.35 bits per heavy atom. The first-order valence-corrected chi connectivity index (χ1v) is 8.13. The van der Waals surface area contributed by atoms with Gasteiger partial charge in [-0.3, -0.25) is 0 Å². The molecule has 1 atom stereocenters. The van der Waals surface area contributed by atoms with Gasteiger partial charge in [0, 0.05) is 30.1 Å². The molecule has 3 rings (SSSR count). The van der Waals surface area contributed by atoms with Crippen LogP contribution < -0.4 is 10.6 Å². The van der Waals surface area contributed by atoms with Crippen LogP contribution in [-0.2, 0) is 6.54 Å². The fourth-order valence-electron chi connectivity index (χ4n) is 2.77. The fourth-order valence-corrected chi connectivity index (χ4v) is 3.77. The van der Waals surface area contributed by atoms with Crippen LogP contribution in [0.4, 0.5) is 5.13 Å². The minimum Gasteiger partial charge on any atom is -0.348 e. The van der Waals surface area contributed by atoms with E-state index in [2.05, 4.69) is 36.1 Å². The second-order valence-electron chi connectivity index (χ2n) is 5.35. The first-order chi connectivity index (χ1) is 9.81. The maximum atomic E-state index is 5.91. The molecular formula is C16H21N3S. The van der Waals surface area contributed by atoms with E-state index < -0.39 is 0 Å². The van der Waals surface area contributed by atoms with Crippen LogP contribution in [0.1, 0.15) is 24.6 Å². The Balaban J connectivity index is 1.90. The van der Waals surface area contributed by atoms with Crippen molar-refractivity contribution in [2.24, 2.45) is 11.7 Å². The lowest BCUT2D eigenvalue weighted by Crippen LogP contribution is -2.19. The zero-order chi connectivity index (χ0) is 13.9. The molecular weight excluding hydrogens is 266 g/mol. The van der Waals surface area contributed by atoms with Crippen molar-refractivity contribution in [2.45, 2.75) is 26.3 Å². The summed E-state index contributed by atoms with van der Waals surface area (Å²) in [6, 6.07) is 10.4. The second-order valence-corrected chi connectivity index (χ2v) is 6.41. The smallest absolute Gasteiger partial charge is 0.186 e. The van der Waals surface area contributed by atoms with Gasteiger partial charge in [-0.1, -0.05) is 55.0 Å². The minimum absolute atomic E-state index is 0.562. The summed E-state index contributed by atoms with van der Waals surface area (Å²) in [4.78, 5) is 8.47. The van der Waals surface area contributed by atoms with Gasteiger partial charge in [-0.25, -0.2) is 4.98 Å². The Hall–Kier alpha value is -1.39. The third-order valence-electron chi connectivity index (χ3n) is 4.05. The van der Waals surface area contributed by atoms with E-state index in [1.54, 1.807) is 11.3 Å². The first kappa shape index (κ1) is 13.6. The molecule has 0 spiro atoms. The van der Waals surface area contributed by atoms with Gasteiger partial charge in [0.2, 0.25) is 0 Å². The zero-order valence-electron chi connectivity index (χ0n) is 11.9. The SMILES string of the molecule is CCC1CCN(c2nc(-c3ccccc3)c(CN)s2)C1. The molecule has 1 saturated heterocycles. The molecule has 3 nitrogen and oxygen atoms in total.